The summed E-state index contributed by atoms with van der Waals surface area (Å²) in [5.41, 5.74) is 6.81. The van der Waals surface area contributed by atoms with Crippen LogP contribution in [0.4, 0.5) is 0 Å². The van der Waals surface area contributed by atoms with Crippen molar-refractivity contribution in [3.63, 3.8) is 0 Å². The van der Waals surface area contributed by atoms with E-state index in [0.717, 1.165) is 0 Å². The van der Waals surface area contributed by atoms with E-state index in [1.807, 2.05) is 19.9 Å². The average Bonchev–Trinajstić information content (AvgIpc) is 2.77. The van der Waals surface area contributed by atoms with Gasteiger partial charge in [-0.3, -0.25) is 0 Å². The number of hydrogen-bond acceptors (Lipinski definition) is 0. The molecule has 0 heteroatoms. The Hall–Kier alpha value is -2.08. The van der Waals surface area contributed by atoms with E-state index >= 15 is 0 Å². The maximum atomic E-state index is 4.06. The van der Waals surface area contributed by atoms with Crippen LogP contribution >= 0.6 is 0 Å². The molecule has 0 fully saturated rings. The summed E-state index contributed by atoms with van der Waals surface area (Å²) in [6, 6.07) is 11.1. The minimum Gasteiger partial charge on any atom is -0.0987 e. The van der Waals surface area contributed by atoms with Crippen molar-refractivity contribution in [2.24, 2.45) is 0 Å². The Bertz CT molecular complexity index is 798. The van der Waals surface area contributed by atoms with E-state index in [4.69, 9.17) is 0 Å². The summed E-state index contributed by atoms with van der Waals surface area (Å²) in [5, 5.41) is 2.70. The van der Waals surface area contributed by atoms with Crippen LogP contribution < -0.4 is 0 Å². The molecule has 0 aliphatic heterocycles. The molecule has 0 amide bonds. The normalized spacial score (nSPS) is 15.6. The smallest absolute Gasteiger partial charge is 0.0158 e. The van der Waals surface area contributed by atoms with Crippen LogP contribution in [0, 0.1) is 6.92 Å². The minimum atomic E-state index is 0.0146. The number of hydrogen-bond donors (Lipinski definition) is 0. The number of aryl methyl sites for hydroxylation is 1. The summed E-state index contributed by atoms with van der Waals surface area (Å²) in [6.45, 7) is 16.9. The highest BCUT2D eigenvalue weighted by atomic mass is 14.4. The summed E-state index contributed by atoms with van der Waals surface area (Å²) >= 11 is 0. The van der Waals surface area contributed by atoms with Gasteiger partial charge in [0.15, 0.2) is 0 Å². The molecule has 0 radical (unpaired) electrons. The topological polar surface area (TPSA) is 0 Å². The third kappa shape index (κ3) is 2.57. The van der Waals surface area contributed by atoms with Gasteiger partial charge >= 0.3 is 0 Å². The van der Waals surface area contributed by atoms with E-state index in [0.29, 0.717) is 0 Å². The van der Waals surface area contributed by atoms with Gasteiger partial charge in [0.2, 0.25) is 0 Å². The zero-order chi connectivity index (χ0) is 17.2. The lowest BCUT2D eigenvalue weighted by Crippen LogP contribution is -2.16. The lowest BCUT2D eigenvalue weighted by atomic mass is 9.80. The van der Waals surface area contributed by atoms with Gasteiger partial charge in [-0.1, -0.05) is 82.8 Å². The zero-order valence-corrected chi connectivity index (χ0v) is 15.3. The molecule has 0 N–H and O–H groups in total. The van der Waals surface area contributed by atoms with Crippen LogP contribution in [0.2, 0.25) is 0 Å². The van der Waals surface area contributed by atoms with Crippen molar-refractivity contribution >= 4 is 16.3 Å². The summed E-state index contributed by atoms with van der Waals surface area (Å²) in [6.07, 6.45) is 6.38. The molecule has 0 saturated heterocycles. The summed E-state index contributed by atoms with van der Waals surface area (Å²) in [7, 11) is 0. The number of rotatable bonds is 2. The van der Waals surface area contributed by atoms with E-state index in [2.05, 4.69) is 76.8 Å². The van der Waals surface area contributed by atoms with Crippen LogP contribution in [0.1, 0.15) is 51.3 Å². The van der Waals surface area contributed by atoms with Gasteiger partial charge in [-0.05, 0) is 52.5 Å². The summed E-state index contributed by atoms with van der Waals surface area (Å²) < 4.78 is 0. The predicted octanol–water partition coefficient (Wildman–Crippen LogP) is 6.98. The average molecular weight is 304 g/mol. The first-order chi connectivity index (χ1) is 11.0. The molecule has 0 aromatic heterocycles. The van der Waals surface area contributed by atoms with Gasteiger partial charge in [0, 0.05) is 5.41 Å². The van der Waals surface area contributed by atoms with E-state index in [1.165, 1.54) is 38.6 Å². The second-order valence-electron chi connectivity index (χ2n) is 6.32. The van der Waals surface area contributed by atoms with Crippen LogP contribution in [-0.4, -0.2) is 0 Å². The van der Waals surface area contributed by atoms with Gasteiger partial charge in [-0.25, -0.2) is 0 Å². The van der Waals surface area contributed by atoms with Crippen molar-refractivity contribution in [2.45, 2.75) is 47.0 Å². The quantitative estimate of drug-likeness (QED) is 0.561. The van der Waals surface area contributed by atoms with E-state index in [-0.39, 0.29) is 5.41 Å². The monoisotopic (exact) mass is 304 g/mol. The minimum absolute atomic E-state index is 0.0146. The van der Waals surface area contributed by atoms with Crippen LogP contribution in [0.3, 0.4) is 0 Å². The summed E-state index contributed by atoms with van der Waals surface area (Å²) in [4.78, 5) is 0. The second-order valence-corrected chi connectivity index (χ2v) is 6.32. The highest BCUT2D eigenvalue weighted by molar-refractivity contribution is 6.03. The molecule has 0 unspecified atom stereocenters. The molecule has 1 aliphatic carbocycles. The predicted molar refractivity (Wildman–Crippen MR) is 105 cm³/mol. The first kappa shape index (κ1) is 17.3. The van der Waals surface area contributed by atoms with Crippen molar-refractivity contribution in [1.29, 1.82) is 0 Å². The Kier molecular flexibility index (Phi) is 4.94. The van der Waals surface area contributed by atoms with Gasteiger partial charge in [0.05, 0.1) is 0 Å². The van der Waals surface area contributed by atoms with E-state index in [9.17, 15) is 0 Å². The standard InChI is InChI=1S/C21H22.C2H6/c1-6-10-17-18(7-2)21(4,5)19-13-14(3)15-11-8-9-12-16(15)20(17)19;1-2/h6-13H,2H2,1,3-5H3;1-2H3/b10-6-;. The Morgan fingerprint density at radius 2 is 1.65 bits per heavy atom. The van der Waals surface area contributed by atoms with Crippen molar-refractivity contribution in [3.8, 4) is 0 Å². The fourth-order valence-corrected chi connectivity index (χ4v) is 3.66. The SMILES string of the molecule is C=CC1=C(/C=C\C)c2c(cc(C)c3ccccc23)C1(C)C.CC. The van der Waals surface area contributed by atoms with Gasteiger partial charge in [0.1, 0.15) is 0 Å². The molecule has 0 spiro atoms. The number of benzene rings is 2. The van der Waals surface area contributed by atoms with E-state index < -0.39 is 0 Å². The van der Waals surface area contributed by atoms with E-state index in [1.54, 1.807) is 0 Å². The Labute approximate surface area is 141 Å². The molecule has 2 aromatic rings. The van der Waals surface area contributed by atoms with Gasteiger partial charge < -0.3 is 0 Å². The maximum Gasteiger partial charge on any atom is 0.0158 e. The van der Waals surface area contributed by atoms with Crippen molar-refractivity contribution in [2.75, 3.05) is 0 Å². The molecule has 0 atom stereocenters. The first-order valence-electron chi connectivity index (χ1n) is 8.55. The molecule has 0 nitrogen and oxygen atoms in total. The number of allylic oxidation sites excluding steroid dienone is 5. The zero-order valence-electron chi connectivity index (χ0n) is 15.3. The van der Waals surface area contributed by atoms with Gasteiger partial charge in [0.25, 0.3) is 0 Å². The molecule has 120 valence electrons. The molecule has 0 saturated carbocycles. The second kappa shape index (κ2) is 6.58. The van der Waals surface area contributed by atoms with Gasteiger partial charge in [-0.2, -0.15) is 0 Å². The van der Waals surface area contributed by atoms with Gasteiger partial charge in [-0.15, -0.1) is 0 Å². The van der Waals surface area contributed by atoms with Crippen molar-refractivity contribution in [3.05, 3.63) is 77.4 Å². The first-order valence-corrected chi connectivity index (χ1v) is 8.55. The molecule has 1 aliphatic rings. The molecular formula is C23H28. The largest absolute Gasteiger partial charge is 0.0987 e. The Balaban J connectivity index is 0.000000924. The van der Waals surface area contributed by atoms with Crippen molar-refractivity contribution in [1.82, 2.24) is 0 Å². The fourth-order valence-electron chi connectivity index (χ4n) is 3.66. The highest BCUT2D eigenvalue weighted by Gasteiger charge is 2.36. The molecule has 0 heterocycles. The lowest BCUT2D eigenvalue weighted by Gasteiger charge is -2.23. The lowest BCUT2D eigenvalue weighted by molar-refractivity contribution is 0.654. The number of fused-ring (bicyclic) bond motifs is 3. The molecule has 23 heavy (non-hydrogen) atoms. The Morgan fingerprint density at radius 3 is 2.22 bits per heavy atom. The van der Waals surface area contributed by atoms with Crippen LogP contribution in [-0.2, 0) is 5.41 Å². The summed E-state index contributed by atoms with van der Waals surface area (Å²) in [5.74, 6) is 0. The molecule has 3 rings (SSSR count). The molecule has 2 aromatic carbocycles. The van der Waals surface area contributed by atoms with Crippen LogP contribution in [0.25, 0.3) is 16.3 Å². The molecular weight excluding hydrogens is 276 g/mol. The maximum absolute atomic E-state index is 4.06. The fraction of sp³-hybridized carbons (Fsp3) is 0.304. The molecule has 0 bridgehead atoms. The van der Waals surface area contributed by atoms with Crippen molar-refractivity contribution < 1.29 is 0 Å². The Morgan fingerprint density at radius 1 is 1.04 bits per heavy atom. The highest BCUT2D eigenvalue weighted by Crippen LogP contribution is 2.50. The third-order valence-electron chi connectivity index (χ3n) is 4.70. The third-order valence-corrected chi connectivity index (χ3v) is 4.70. The van der Waals surface area contributed by atoms with Crippen LogP contribution in [0.15, 0.2) is 60.7 Å². The van der Waals surface area contributed by atoms with Crippen LogP contribution in [0.5, 0.6) is 0 Å².